The lowest BCUT2D eigenvalue weighted by Gasteiger charge is -2.32. The standard InChI is InChI=1S/C19H20BrNO5/c1-12-9-15(11-18(22)25-12)26-13-5-7-21(8-6-13)19(23)16-10-14(24-2)3-4-17(16)20/h3-4,9-11,13H,5-8H2,1-2H3. The van der Waals surface area contributed by atoms with Crippen molar-refractivity contribution < 1.29 is 18.7 Å². The second-order valence-corrected chi connectivity index (χ2v) is 7.03. The molecule has 1 aliphatic heterocycles. The highest BCUT2D eigenvalue weighted by atomic mass is 79.9. The third-order valence-electron chi connectivity index (χ3n) is 4.30. The number of ether oxygens (including phenoxy) is 2. The van der Waals surface area contributed by atoms with Crippen molar-refractivity contribution in [2.45, 2.75) is 25.9 Å². The summed E-state index contributed by atoms with van der Waals surface area (Å²) in [4.78, 5) is 26.0. The van der Waals surface area contributed by atoms with E-state index in [1.807, 2.05) is 11.0 Å². The molecule has 26 heavy (non-hydrogen) atoms. The molecule has 0 atom stereocenters. The van der Waals surface area contributed by atoms with E-state index in [9.17, 15) is 9.59 Å². The van der Waals surface area contributed by atoms with Crippen LogP contribution in [0.4, 0.5) is 0 Å². The normalized spacial score (nSPS) is 15.0. The van der Waals surface area contributed by atoms with Crippen LogP contribution in [0.15, 0.2) is 44.0 Å². The zero-order valence-corrected chi connectivity index (χ0v) is 16.2. The Morgan fingerprint density at radius 2 is 1.92 bits per heavy atom. The van der Waals surface area contributed by atoms with Crippen LogP contribution in [0, 0.1) is 6.92 Å². The van der Waals surface area contributed by atoms with Crippen LogP contribution in [0.5, 0.6) is 11.5 Å². The first-order chi connectivity index (χ1) is 12.5. The molecular formula is C19H20BrNO5. The first-order valence-corrected chi connectivity index (χ1v) is 9.17. The molecule has 7 heteroatoms. The minimum atomic E-state index is -0.421. The van der Waals surface area contributed by atoms with Gasteiger partial charge in [0.2, 0.25) is 0 Å². The number of rotatable bonds is 4. The van der Waals surface area contributed by atoms with E-state index in [4.69, 9.17) is 13.9 Å². The smallest absolute Gasteiger partial charge is 0.339 e. The highest BCUT2D eigenvalue weighted by Crippen LogP contribution is 2.26. The van der Waals surface area contributed by atoms with Gasteiger partial charge < -0.3 is 18.8 Å². The van der Waals surface area contributed by atoms with Crippen molar-refractivity contribution in [3.8, 4) is 11.5 Å². The number of halogens is 1. The van der Waals surface area contributed by atoms with Gasteiger partial charge in [-0.05, 0) is 41.1 Å². The number of hydrogen-bond donors (Lipinski definition) is 0. The van der Waals surface area contributed by atoms with Crippen LogP contribution in [0.1, 0.15) is 29.0 Å². The van der Waals surface area contributed by atoms with Crippen molar-refractivity contribution >= 4 is 21.8 Å². The van der Waals surface area contributed by atoms with E-state index in [1.54, 1.807) is 32.2 Å². The van der Waals surface area contributed by atoms with Crippen LogP contribution in [-0.2, 0) is 0 Å². The van der Waals surface area contributed by atoms with Gasteiger partial charge in [0.25, 0.3) is 5.91 Å². The molecule has 1 aromatic carbocycles. The third kappa shape index (κ3) is 4.27. The molecular weight excluding hydrogens is 402 g/mol. The lowest BCUT2D eigenvalue weighted by atomic mass is 10.1. The summed E-state index contributed by atoms with van der Waals surface area (Å²) in [6, 6.07) is 8.40. The molecule has 1 aliphatic rings. The average Bonchev–Trinajstić information content (AvgIpc) is 2.61. The first kappa shape index (κ1) is 18.5. The van der Waals surface area contributed by atoms with Crippen LogP contribution in [-0.4, -0.2) is 37.1 Å². The van der Waals surface area contributed by atoms with Gasteiger partial charge in [0.15, 0.2) is 0 Å². The maximum Gasteiger partial charge on any atom is 0.339 e. The number of benzene rings is 1. The summed E-state index contributed by atoms with van der Waals surface area (Å²) in [5, 5.41) is 0. The quantitative estimate of drug-likeness (QED) is 0.756. The fraction of sp³-hybridized carbons (Fsp3) is 0.368. The Kier molecular flexibility index (Phi) is 5.66. The predicted molar refractivity (Wildman–Crippen MR) is 100.0 cm³/mol. The average molecular weight is 422 g/mol. The van der Waals surface area contributed by atoms with Gasteiger partial charge >= 0.3 is 5.63 Å². The maximum atomic E-state index is 12.8. The second-order valence-electron chi connectivity index (χ2n) is 6.18. The summed E-state index contributed by atoms with van der Waals surface area (Å²) in [5.74, 6) is 1.64. The lowest BCUT2D eigenvalue weighted by molar-refractivity contribution is 0.0593. The van der Waals surface area contributed by atoms with Crippen molar-refractivity contribution in [1.29, 1.82) is 0 Å². The number of aryl methyl sites for hydroxylation is 1. The Morgan fingerprint density at radius 3 is 2.58 bits per heavy atom. The Bertz CT molecular complexity index is 855. The third-order valence-corrected chi connectivity index (χ3v) is 4.99. The van der Waals surface area contributed by atoms with Crippen molar-refractivity contribution in [2.24, 2.45) is 0 Å². The SMILES string of the molecule is COc1ccc(Br)c(C(=O)N2CCC(Oc3cc(C)oc(=O)c3)CC2)c1. The summed E-state index contributed by atoms with van der Waals surface area (Å²) in [7, 11) is 1.58. The van der Waals surface area contributed by atoms with Gasteiger partial charge in [0, 0.05) is 36.5 Å². The molecule has 6 nitrogen and oxygen atoms in total. The molecule has 3 rings (SSSR count). The Morgan fingerprint density at radius 1 is 1.19 bits per heavy atom. The van der Waals surface area contributed by atoms with E-state index in [1.165, 1.54) is 6.07 Å². The number of carbonyl (C=O) groups excluding carboxylic acids is 1. The van der Waals surface area contributed by atoms with Crippen molar-refractivity contribution in [1.82, 2.24) is 4.90 Å². The van der Waals surface area contributed by atoms with Crippen LogP contribution < -0.4 is 15.1 Å². The fourth-order valence-corrected chi connectivity index (χ4v) is 3.39. The topological polar surface area (TPSA) is 69.0 Å². The Hall–Kier alpha value is -2.28. The van der Waals surface area contributed by atoms with Crippen LogP contribution >= 0.6 is 15.9 Å². The predicted octanol–water partition coefficient (Wildman–Crippen LogP) is 3.40. The monoisotopic (exact) mass is 421 g/mol. The summed E-state index contributed by atoms with van der Waals surface area (Å²) >= 11 is 3.43. The zero-order valence-electron chi connectivity index (χ0n) is 14.7. The van der Waals surface area contributed by atoms with Gasteiger partial charge in [-0.2, -0.15) is 0 Å². The largest absolute Gasteiger partial charge is 0.497 e. The first-order valence-electron chi connectivity index (χ1n) is 8.37. The minimum absolute atomic E-state index is 0.0333. The van der Waals surface area contributed by atoms with Gasteiger partial charge in [-0.3, -0.25) is 4.79 Å². The van der Waals surface area contributed by atoms with Crippen LogP contribution in [0.2, 0.25) is 0 Å². The van der Waals surface area contributed by atoms with E-state index in [-0.39, 0.29) is 12.0 Å². The number of piperidine rings is 1. The Balaban J connectivity index is 1.63. The van der Waals surface area contributed by atoms with Gasteiger partial charge in [0.1, 0.15) is 23.4 Å². The molecule has 2 aromatic rings. The van der Waals surface area contributed by atoms with Crippen molar-refractivity contribution in [2.75, 3.05) is 20.2 Å². The molecule has 0 saturated carbocycles. The summed E-state index contributed by atoms with van der Waals surface area (Å²) in [5.41, 5.74) is 0.162. The van der Waals surface area contributed by atoms with Crippen molar-refractivity contribution in [3.05, 3.63) is 56.5 Å². The molecule has 0 aliphatic carbocycles. The number of likely N-dealkylation sites (tertiary alicyclic amines) is 1. The van der Waals surface area contributed by atoms with Gasteiger partial charge in [0.05, 0.1) is 18.7 Å². The van der Waals surface area contributed by atoms with E-state index >= 15 is 0 Å². The maximum absolute atomic E-state index is 12.8. The van der Waals surface area contributed by atoms with Gasteiger partial charge in [-0.25, -0.2) is 4.79 Å². The lowest BCUT2D eigenvalue weighted by Crippen LogP contribution is -2.42. The van der Waals surface area contributed by atoms with E-state index in [0.717, 1.165) is 4.47 Å². The molecule has 0 spiro atoms. The highest BCUT2D eigenvalue weighted by Gasteiger charge is 2.26. The molecule has 1 aromatic heterocycles. The number of nitrogens with zero attached hydrogens (tertiary/aromatic N) is 1. The molecule has 138 valence electrons. The van der Waals surface area contributed by atoms with Crippen LogP contribution in [0.25, 0.3) is 0 Å². The van der Waals surface area contributed by atoms with E-state index < -0.39 is 5.63 Å². The number of methoxy groups -OCH3 is 1. The molecule has 0 radical (unpaired) electrons. The summed E-state index contributed by atoms with van der Waals surface area (Å²) in [6.07, 6.45) is 1.37. The van der Waals surface area contributed by atoms with Gasteiger partial charge in [-0.1, -0.05) is 0 Å². The van der Waals surface area contributed by atoms with Crippen LogP contribution in [0.3, 0.4) is 0 Å². The number of carbonyl (C=O) groups is 1. The Labute approximate surface area is 159 Å². The minimum Gasteiger partial charge on any atom is -0.497 e. The zero-order chi connectivity index (χ0) is 18.7. The van der Waals surface area contributed by atoms with Crippen molar-refractivity contribution in [3.63, 3.8) is 0 Å². The second kappa shape index (κ2) is 7.95. The summed E-state index contributed by atoms with van der Waals surface area (Å²) in [6.45, 7) is 2.89. The molecule has 2 heterocycles. The molecule has 0 unspecified atom stereocenters. The summed E-state index contributed by atoms with van der Waals surface area (Å²) < 4.78 is 16.8. The number of amides is 1. The van der Waals surface area contributed by atoms with E-state index in [2.05, 4.69) is 15.9 Å². The molecule has 1 fully saturated rings. The van der Waals surface area contributed by atoms with E-state index in [0.29, 0.717) is 48.8 Å². The van der Waals surface area contributed by atoms with Gasteiger partial charge in [-0.15, -0.1) is 0 Å². The molecule has 0 bridgehead atoms. The molecule has 1 saturated heterocycles. The molecule has 1 amide bonds. The fourth-order valence-electron chi connectivity index (χ4n) is 2.98. The number of hydrogen-bond acceptors (Lipinski definition) is 5. The highest BCUT2D eigenvalue weighted by molar-refractivity contribution is 9.10. The molecule has 0 N–H and O–H groups in total.